The van der Waals surface area contributed by atoms with Crippen LogP contribution < -0.4 is 14.2 Å². The summed E-state index contributed by atoms with van der Waals surface area (Å²) < 4.78 is 17.5. The molecule has 1 heterocycles. The second-order valence-corrected chi connectivity index (χ2v) is 14.6. The van der Waals surface area contributed by atoms with E-state index in [9.17, 15) is 0 Å². The molecule has 54 heavy (non-hydrogen) atoms. The molecule has 1 aliphatic rings. The molecule has 5 heteroatoms. The third-order valence-corrected chi connectivity index (χ3v) is 8.90. The van der Waals surface area contributed by atoms with E-state index in [-0.39, 0.29) is 0 Å². The lowest BCUT2D eigenvalue weighted by Gasteiger charge is -2.22. The number of benzene rings is 5. The van der Waals surface area contributed by atoms with Crippen molar-refractivity contribution in [3.63, 3.8) is 0 Å². The molecule has 1 aromatic heterocycles. The van der Waals surface area contributed by atoms with Crippen molar-refractivity contribution in [2.75, 3.05) is 0 Å². The van der Waals surface area contributed by atoms with Gasteiger partial charge in [-0.3, -0.25) is 0 Å². The van der Waals surface area contributed by atoms with Crippen molar-refractivity contribution >= 4 is 0 Å². The van der Waals surface area contributed by atoms with Crippen LogP contribution in [0.2, 0.25) is 0 Å². The lowest BCUT2D eigenvalue weighted by Crippen LogP contribution is -2.08. The quantitative estimate of drug-likeness (QED) is 0.171. The summed E-state index contributed by atoms with van der Waals surface area (Å²) in [6.07, 6.45) is 5.89. The van der Waals surface area contributed by atoms with E-state index in [0.717, 1.165) is 63.5 Å². The van der Waals surface area contributed by atoms with Gasteiger partial charge in [0.25, 0.3) is 0 Å². The summed E-state index contributed by atoms with van der Waals surface area (Å²) in [6, 6.07) is 41.7. The zero-order chi connectivity index (χ0) is 38.9. The topological polar surface area (TPSA) is 53.5 Å². The van der Waals surface area contributed by atoms with E-state index in [2.05, 4.69) is 43.7 Å². The predicted octanol–water partition coefficient (Wildman–Crippen LogP) is 14.2. The average molecular weight is 723 g/mol. The van der Waals surface area contributed by atoms with Crippen LogP contribution in [0.25, 0.3) is 0 Å². The molecule has 0 amide bonds. The third kappa shape index (κ3) is 15.7. The summed E-state index contributed by atoms with van der Waals surface area (Å²) in [4.78, 5) is 8.25. The van der Waals surface area contributed by atoms with E-state index < -0.39 is 0 Å². The summed E-state index contributed by atoms with van der Waals surface area (Å²) in [6.45, 7) is 18.8. The first kappa shape index (κ1) is 41.3. The summed E-state index contributed by atoms with van der Waals surface area (Å²) >= 11 is 0. The summed E-state index contributed by atoms with van der Waals surface area (Å²) in [5, 5.41) is 0. The Balaban J connectivity index is 0.000000175. The largest absolute Gasteiger partial charge is 0.457 e. The molecule has 0 bridgehead atoms. The van der Waals surface area contributed by atoms with Gasteiger partial charge in [0.15, 0.2) is 0 Å². The molecule has 0 aliphatic heterocycles. The van der Waals surface area contributed by atoms with Gasteiger partial charge in [0.2, 0.25) is 0 Å². The zero-order valence-electron chi connectivity index (χ0n) is 33.7. The standard InChI is InChI=1S/C20H18O2.C14H14O.C8H16.C7H10N2/c1-15-6-3-8-17(12-15)21-19-10-5-11-20(14-19)22-18-9-4-7-16(2)13-18;1-11-6-8-13(9-7-11)15-14-5-3-4-12(2)10-14;1-7-3-5-8(2)6-4-7;1-5-4-6(2)9-7(3)8-5/h3-14H,1-2H3;3-10H,1-2H3;7-8H,3-6H2,1-2H3;4H,1-3H3. The van der Waals surface area contributed by atoms with E-state index in [0.29, 0.717) is 0 Å². The molecule has 1 saturated carbocycles. The highest BCUT2D eigenvalue weighted by Gasteiger charge is 2.13. The van der Waals surface area contributed by atoms with Crippen molar-refractivity contribution in [2.24, 2.45) is 11.8 Å². The number of hydrogen-bond donors (Lipinski definition) is 0. The molecule has 0 atom stereocenters. The van der Waals surface area contributed by atoms with Gasteiger partial charge in [0.1, 0.15) is 40.3 Å². The Morgan fingerprint density at radius 2 is 0.704 bits per heavy atom. The van der Waals surface area contributed by atoms with Crippen molar-refractivity contribution < 1.29 is 14.2 Å². The van der Waals surface area contributed by atoms with E-state index in [4.69, 9.17) is 14.2 Å². The number of aromatic nitrogens is 2. The van der Waals surface area contributed by atoms with Crippen LogP contribution in [0.15, 0.2) is 127 Å². The number of rotatable bonds is 6. The number of aryl methyl sites for hydroxylation is 7. The Morgan fingerprint density at radius 1 is 0.370 bits per heavy atom. The fourth-order valence-electron chi connectivity index (χ4n) is 5.98. The first-order valence-electron chi connectivity index (χ1n) is 19.1. The summed E-state index contributed by atoms with van der Waals surface area (Å²) in [5.41, 5.74) is 6.88. The van der Waals surface area contributed by atoms with Gasteiger partial charge in [-0.05, 0) is 144 Å². The number of ether oxygens (including phenoxy) is 3. The maximum Gasteiger partial charge on any atom is 0.131 e. The molecule has 1 aliphatic carbocycles. The minimum Gasteiger partial charge on any atom is -0.457 e. The van der Waals surface area contributed by atoms with E-state index in [1.54, 1.807) is 0 Å². The van der Waals surface area contributed by atoms with Crippen LogP contribution in [0.4, 0.5) is 0 Å². The second kappa shape index (κ2) is 21.3. The molecule has 1 fully saturated rings. The summed E-state index contributed by atoms with van der Waals surface area (Å²) in [5.74, 6) is 7.84. The third-order valence-electron chi connectivity index (χ3n) is 8.90. The van der Waals surface area contributed by atoms with Crippen LogP contribution in [0, 0.1) is 60.3 Å². The molecular weight excluding hydrogens is 665 g/mol. The first-order chi connectivity index (χ1) is 25.9. The van der Waals surface area contributed by atoms with Crippen molar-refractivity contribution in [1.29, 1.82) is 0 Å². The fraction of sp³-hybridized carbons (Fsp3) is 0.306. The number of nitrogens with zero attached hydrogens (tertiary/aromatic N) is 2. The molecule has 0 unspecified atom stereocenters. The van der Waals surface area contributed by atoms with Gasteiger partial charge in [-0.15, -0.1) is 0 Å². The molecule has 5 aromatic carbocycles. The Labute approximate surface area is 324 Å². The maximum atomic E-state index is 5.88. The number of hydrogen-bond acceptors (Lipinski definition) is 5. The van der Waals surface area contributed by atoms with Crippen molar-refractivity contribution in [2.45, 2.75) is 88.0 Å². The van der Waals surface area contributed by atoms with E-state index in [1.807, 2.05) is 156 Å². The highest BCUT2D eigenvalue weighted by molar-refractivity contribution is 5.40. The highest BCUT2D eigenvalue weighted by atomic mass is 16.5. The highest BCUT2D eigenvalue weighted by Crippen LogP contribution is 2.29. The molecule has 0 radical (unpaired) electrons. The fourth-order valence-corrected chi connectivity index (χ4v) is 5.98. The van der Waals surface area contributed by atoms with Crippen LogP contribution in [0.3, 0.4) is 0 Å². The van der Waals surface area contributed by atoms with Gasteiger partial charge in [-0.25, -0.2) is 9.97 Å². The van der Waals surface area contributed by atoms with Crippen LogP contribution in [0.5, 0.6) is 34.5 Å². The van der Waals surface area contributed by atoms with Crippen molar-refractivity contribution in [3.05, 3.63) is 167 Å². The van der Waals surface area contributed by atoms with Crippen molar-refractivity contribution in [3.8, 4) is 34.5 Å². The van der Waals surface area contributed by atoms with Gasteiger partial charge < -0.3 is 14.2 Å². The minimum absolute atomic E-state index is 0.760. The minimum atomic E-state index is 0.760. The van der Waals surface area contributed by atoms with E-state index >= 15 is 0 Å². The maximum absolute atomic E-state index is 5.88. The molecule has 7 rings (SSSR count). The SMILES string of the molecule is CC1CCC(C)CC1.Cc1cc(C)nc(C)n1.Cc1ccc(Oc2cccc(C)c2)cc1.Cc1cccc(Oc2cccc(Oc3cccc(C)c3)c2)c1. The summed E-state index contributed by atoms with van der Waals surface area (Å²) in [7, 11) is 0. The van der Waals surface area contributed by atoms with Crippen LogP contribution in [-0.4, -0.2) is 9.97 Å². The van der Waals surface area contributed by atoms with Gasteiger partial charge in [0, 0.05) is 17.5 Å². The zero-order valence-corrected chi connectivity index (χ0v) is 33.7. The Kier molecular flexibility index (Phi) is 16.3. The van der Waals surface area contributed by atoms with Crippen LogP contribution in [0.1, 0.15) is 79.0 Å². The second-order valence-electron chi connectivity index (χ2n) is 14.6. The lowest BCUT2D eigenvalue weighted by atomic mass is 9.84. The molecule has 5 nitrogen and oxygen atoms in total. The predicted molar refractivity (Wildman–Crippen MR) is 224 cm³/mol. The lowest BCUT2D eigenvalue weighted by molar-refractivity contribution is 0.308. The van der Waals surface area contributed by atoms with E-state index in [1.165, 1.54) is 47.9 Å². The van der Waals surface area contributed by atoms with Crippen LogP contribution >= 0.6 is 0 Å². The molecular formula is C49H58N2O3. The molecule has 282 valence electrons. The molecule has 0 saturated heterocycles. The van der Waals surface area contributed by atoms with Crippen molar-refractivity contribution in [1.82, 2.24) is 9.97 Å². The van der Waals surface area contributed by atoms with Gasteiger partial charge in [-0.2, -0.15) is 0 Å². The van der Waals surface area contributed by atoms with Crippen LogP contribution in [-0.2, 0) is 0 Å². The molecule has 6 aromatic rings. The van der Waals surface area contributed by atoms with Gasteiger partial charge in [-0.1, -0.05) is 99.7 Å². The Morgan fingerprint density at radius 3 is 1.06 bits per heavy atom. The average Bonchev–Trinajstić information content (AvgIpc) is 3.11. The first-order valence-corrected chi connectivity index (χ1v) is 19.1. The monoisotopic (exact) mass is 722 g/mol. The Hall–Kier alpha value is -5.42. The Bertz CT molecular complexity index is 1890. The molecule has 0 N–H and O–H groups in total. The normalized spacial score (nSPS) is 14.5. The van der Waals surface area contributed by atoms with Gasteiger partial charge >= 0.3 is 0 Å². The molecule has 0 spiro atoms. The van der Waals surface area contributed by atoms with Gasteiger partial charge in [0.05, 0.1) is 0 Å². The smallest absolute Gasteiger partial charge is 0.131 e.